The van der Waals surface area contributed by atoms with Crippen molar-refractivity contribution < 1.29 is 19.1 Å². The Morgan fingerprint density at radius 2 is 2.00 bits per heavy atom. The fourth-order valence-electron chi connectivity index (χ4n) is 2.50. The lowest BCUT2D eigenvalue weighted by Crippen LogP contribution is -2.53. The number of nitrogens with one attached hydrogen (secondary N) is 1. The largest absolute Gasteiger partial charge is 0.444 e. The van der Waals surface area contributed by atoms with Gasteiger partial charge in [-0.15, -0.1) is 11.8 Å². The van der Waals surface area contributed by atoms with Gasteiger partial charge >= 0.3 is 6.09 Å². The third-order valence-electron chi connectivity index (χ3n) is 4.05. The first-order valence-electron chi connectivity index (χ1n) is 8.44. The smallest absolute Gasteiger partial charge is 0.410 e. The van der Waals surface area contributed by atoms with Gasteiger partial charge in [0, 0.05) is 12.8 Å². The van der Waals surface area contributed by atoms with Crippen LogP contribution in [0.15, 0.2) is 0 Å². The molecule has 2 heterocycles. The van der Waals surface area contributed by atoms with Crippen molar-refractivity contribution in [1.82, 2.24) is 14.5 Å². The molecule has 25 heavy (non-hydrogen) atoms. The number of thioether (sulfide) groups is 1. The molecule has 0 unspecified atom stereocenters. The minimum atomic E-state index is -0.722. The molecule has 9 heteroatoms. The second kappa shape index (κ2) is 8.07. The second-order valence-corrected chi connectivity index (χ2v) is 9.57. The Morgan fingerprint density at radius 3 is 2.64 bits per heavy atom. The summed E-state index contributed by atoms with van der Waals surface area (Å²) < 4.78 is 7.08. The summed E-state index contributed by atoms with van der Waals surface area (Å²) in [7, 11) is 1.52. The zero-order valence-corrected chi connectivity index (χ0v) is 17.0. The molecule has 0 aromatic rings. The van der Waals surface area contributed by atoms with Crippen LogP contribution in [0, 0.1) is 0 Å². The van der Waals surface area contributed by atoms with Gasteiger partial charge in [-0.2, -0.15) is 0 Å². The topological polar surface area (TPSA) is 79.0 Å². The van der Waals surface area contributed by atoms with Gasteiger partial charge in [-0.05, 0) is 58.2 Å². The number of fused-ring (bicyclic) bond motifs is 1. The van der Waals surface area contributed by atoms with E-state index in [0.29, 0.717) is 6.42 Å². The summed E-state index contributed by atoms with van der Waals surface area (Å²) in [5.41, 5.74) is -0.627. The number of likely N-dealkylation sites (N-methyl/N-ethyl adjacent to an activating group) is 1. The molecule has 7 nitrogen and oxygen atoms in total. The first-order valence-corrected chi connectivity index (χ1v) is 10.4. The van der Waals surface area contributed by atoms with Gasteiger partial charge in [0.25, 0.3) is 5.91 Å². The standard InChI is InChI=1S/C16H27N3O4S2/c1-10(18(5)15(22)23-16(2,3)4)13(20)17-11-6-8-24-12-7-9-25-19(12)14(11)21/h10-12H,6-9H2,1-5H3,(H,17,20)/t10-,11-,12-/m0/s1. The second-order valence-electron chi connectivity index (χ2n) is 7.23. The lowest BCUT2D eigenvalue weighted by Gasteiger charge is -2.29. The molecule has 1 N–H and O–H groups in total. The van der Waals surface area contributed by atoms with Crippen LogP contribution in [0.25, 0.3) is 0 Å². The lowest BCUT2D eigenvalue weighted by molar-refractivity contribution is -0.134. The molecular formula is C16H27N3O4S2. The van der Waals surface area contributed by atoms with Crippen LogP contribution in [0.1, 0.15) is 40.5 Å². The zero-order valence-electron chi connectivity index (χ0n) is 15.4. The summed E-state index contributed by atoms with van der Waals surface area (Å²) in [4.78, 5) is 38.5. The predicted molar refractivity (Wildman–Crippen MR) is 100 cm³/mol. The van der Waals surface area contributed by atoms with Crippen molar-refractivity contribution in [2.75, 3.05) is 18.6 Å². The number of nitrogens with zero attached hydrogens (tertiary/aromatic N) is 2. The van der Waals surface area contributed by atoms with E-state index >= 15 is 0 Å². The summed E-state index contributed by atoms with van der Waals surface area (Å²) >= 11 is 3.30. The highest BCUT2D eigenvalue weighted by Gasteiger charge is 2.38. The van der Waals surface area contributed by atoms with Crippen LogP contribution < -0.4 is 5.32 Å². The van der Waals surface area contributed by atoms with E-state index in [1.807, 2.05) is 0 Å². The summed E-state index contributed by atoms with van der Waals surface area (Å²) in [6, 6.07) is -1.26. The van der Waals surface area contributed by atoms with Crippen LogP contribution in [0.3, 0.4) is 0 Å². The first kappa shape index (κ1) is 20.2. The molecule has 2 aliphatic heterocycles. The summed E-state index contributed by atoms with van der Waals surface area (Å²) in [5.74, 6) is 1.37. The Hall–Kier alpha value is -1.09. The van der Waals surface area contributed by atoms with E-state index < -0.39 is 23.8 Å². The number of carbonyl (C=O) groups is 3. The van der Waals surface area contributed by atoms with Crippen LogP contribution >= 0.6 is 23.7 Å². The van der Waals surface area contributed by atoms with E-state index in [2.05, 4.69) is 5.32 Å². The van der Waals surface area contributed by atoms with Gasteiger partial charge in [0.2, 0.25) is 5.91 Å². The number of ether oxygens (including phenoxy) is 1. The average Bonchev–Trinajstić information content (AvgIpc) is 2.93. The molecule has 2 rings (SSSR count). The Bertz CT molecular complexity index is 538. The van der Waals surface area contributed by atoms with E-state index in [-0.39, 0.29) is 17.2 Å². The van der Waals surface area contributed by atoms with Gasteiger partial charge in [-0.25, -0.2) is 4.79 Å². The Kier molecular flexibility index (Phi) is 6.53. The highest BCUT2D eigenvalue weighted by atomic mass is 32.2. The quantitative estimate of drug-likeness (QED) is 0.745. The van der Waals surface area contributed by atoms with Crippen molar-refractivity contribution in [3.63, 3.8) is 0 Å². The van der Waals surface area contributed by atoms with Gasteiger partial charge in [0.05, 0.1) is 5.37 Å². The first-order chi connectivity index (χ1) is 11.6. The van der Waals surface area contributed by atoms with E-state index in [9.17, 15) is 14.4 Å². The van der Waals surface area contributed by atoms with Crippen LogP contribution in [0.2, 0.25) is 0 Å². The van der Waals surface area contributed by atoms with E-state index in [0.717, 1.165) is 17.9 Å². The van der Waals surface area contributed by atoms with Gasteiger partial charge in [-0.3, -0.25) is 18.8 Å². The van der Waals surface area contributed by atoms with Crippen LogP contribution in [-0.2, 0) is 14.3 Å². The predicted octanol–water partition coefficient (Wildman–Crippen LogP) is 2.07. The van der Waals surface area contributed by atoms with E-state index in [4.69, 9.17) is 4.74 Å². The van der Waals surface area contributed by atoms with Crippen LogP contribution in [0.5, 0.6) is 0 Å². The van der Waals surface area contributed by atoms with Crippen molar-refractivity contribution in [2.45, 2.75) is 63.6 Å². The molecule has 2 aliphatic rings. The molecule has 3 amide bonds. The summed E-state index contributed by atoms with van der Waals surface area (Å²) in [6.07, 6.45) is 1.03. The maximum absolute atomic E-state index is 12.6. The molecule has 0 saturated carbocycles. The van der Waals surface area contributed by atoms with Crippen molar-refractivity contribution in [3.8, 4) is 0 Å². The molecule has 142 valence electrons. The molecule has 0 aromatic carbocycles. The van der Waals surface area contributed by atoms with E-state index in [1.54, 1.807) is 43.8 Å². The highest BCUT2D eigenvalue weighted by molar-refractivity contribution is 8.03. The highest BCUT2D eigenvalue weighted by Crippen LogP contribution is 2.37. The number of carbonyl (C=O) groups excluding carboxylic acids is 3. The molecule has 0 radical (unpaired) electrons. The molecule has 0 aromatic heterocycles. The third kappa shape index (κ3) is 5.20. The lowest BCUT2D eigenvalue weighted by atomic mass is 10.1. The SMILES string of the molecule is C[C@@H](C(=O)N[C@H]1CCS[C@H]2CCSN2C1=O)N(C)C(=O)OC(C)(C)C. The average molecular weight is 390 g/mol. The maximum atomic E-state index is 12.6. The minimum Gasteiger partial charge on any atom is -0.444 e. The van der Waals surface area contributed by atoms with E-state index in [1.165, 1.54) is 23.9 Å². The van der Waals surface area contributed by atoms with Crippen LogP contribution in [-0.4, -0.2) is 68.7 Å². The normalized spacial score (nSPS) is 25.0. The molecule has 2 saturated heterocycles. The number of rotatable bonds is 3. The van der Waals surface area contributed by atoms with Gasteiger partial charge in [-0.1, -0.05) is 0 Å². The molecule has 3 atom stereocenters. The van der Waals surface area contributed by atoms with Crippen molar-refractivity contribution in [1.29, 1.82) is 0 Å². The minimum absolute atomic E-state index is 0.0435. The molecular weight excluding hydrogens is 362 g/mol. The fraction of sp³-hybridized carbons (Fsp3) is 0.812. The summed E-state index contributed by atoms with van der Waals surface area (Å²) in [6.45, 7) is 6.95. The van der Waals surface area contributed by atoms with Crippen molar-refractivity contribution in [2.24, 2.45) is 0 Å². The maximum Gasteiger partial charge on any atom is 0.410 e. The van der Waals surface area contributed by atoms with Crippen molar-refractivity contribution in [3.05, 3.63) is 0 Å². The van der Waals surface area contributed by atoms with Gasteiger partial charge in [0.15, 0.2) is 0 Å². The monoisotopic (exact) mass is 389 g/mol. The van der Waals surface area contributed by atoms with Crippen molar-refractivity contribution >= 4 is 41.6 Å². The summed E-state index contributed by atoms with van der Waals surface area (Å²) in [5, 5.41) is 3.02. The molecule has 0 spiro atoms. The Balaban J connectivity index is 1.95. The molecule has 0 bridgehead atoms. The van der Waals surface area contributed by atoms with Gasteiger partial charge < -0.3 is 10.1 Å². The Labute approximate surface area is 157 Å². The van der Waals surface area contributed by atoms with Crippen LogP contribution in [0.4, 0.5) is 4.79 Å². The number of amides is 3. The molecule has 0 aliphatic carbocycles. The number of hydrogen-bond acceptors (Lipinski definition) is 6. The fourth-order valence-corrected chi connectivity index (χ4v) is 5.24. The number of hydrogen-bond donors (Lipinski definition) is 1. The molecule has 2 fully saturated rings. The third-order valence-corrected chi connectivity index (χ3v) is 6.61. The Morgan fingerprint density at radius 1 is 1.32 bits per heavy atom. The zero-order chi connectivity index (χ0) is 18.8. The van der Waals surface area contributed by atoms with Gasteiger partial charge in [0.1, 0.15) is 17.7 Å².